The van der Waals surface area contributed by atoms with Crippen molar-refractivity contribution in [1.29, 1.82) is 0 Å². The van der Waals surface area contributed by atoms with E-state index in [1.165, 1.54) is 5.56 Å². The van der Waals surface area contributed by atoms with Crippen molar-refractivity contribution in [3.8, 4) is 11.5 Å². The van der Waals surface area contributed by atoms with E-state index < -0.39 is 0 Å². The Balaban J connectivity index is 2.32. The highest BCUT2D eigenvalue weighted by atomic mass is 16.4. The van der Waals surface area contributed by atoms with Crippen LogP contribution >= 0.6 is 0 Å². The fourth-order valence-corrected chi connectivity index (χ4v) is 1.69. The van der Waals surface area contributed by atoms with E-state index in [0.717, 1.165) is 5.56 Å². The van der Waals surface area contributed by atoms with Gasteiger partial charge in [-0.2, -0.15) is 0 Å². The van der Waals surface area contributed by atoms with Gasteiger partial charge in [-0.1, -0.05) is 32.9 Å². The van der Waals surface area contributed by atoms with E-state index >= 15 is 0 Å². The third-order valence-corrected chi connectivity index (χ3v) is 2.77. The molecule has 0 amide bonds. The second-order valence-electron chi connectivity index (χ2n) is 5.31. The van der Waals surface area contributed by atoms with Crippen LogP contribution in [0.1, 0.15) is 32.2 Å². The van der Waals surface area contributed by atoms with Gasteiger partial charge in [-0.05, 0) is 23.1 Å². The van der Waals surface area contributed by atoms with Crippen molar-refractivity contribution in [2.45, 2.75) is 32.6 Å². The second kappa shape index (κ2) is 4.90. The summed E-state index contributed by atoms with van der Waals surface area (Å²) in [6.45, 7) is 6.51. The van der Waals surface area contributed by atoms with Crippen LogP contribution in [-0.4, -0.2) is 21.9 Å². The SMILES string of the molecule is CC(C)(C)c1cccc(-c2nnc(CCO)o2)c1. The average molecular weight is 246 g/mol. The molecule has 0 unspecified atom stereocenters. The molecule has 0 bridgehead atoms. The van der Waals surface area contributed by atoms with Crippen molar-refractivity contribution < 1.29 is 9.52 Å². The summed E-state index contributed by atoms with van der Waals surface area (Å²) in [5.41, 5.74) is 2.23. The van der Waals surface area contributed by atoms with Crippen LogP contribution in [0, 0.1) is 0 Å². The predicted molar refractivity (Wildman–Crippen MR) is 69.2 cm³/mol. The fourth-order valence-electron chi connectivity index (χ4n) is 1.69. The molecule has 0 aliphatic rings. The number of aliphatic hydroxyl groups is 1. The van der Waals surface area contributed by atoms with Crippen LogP contribution < -0.4 is 0 Å². The van der Waals surface area contributed by atoms with E-state index in [0.29, 0.717) is 18.2 Å². The van der Waals surface area contributed by atoms with Gasteiger partial charge in [-0.25, -0.2) is 0 Å². The van der Waals surface area contributed by atoms with Gasteiger partial charge in [0.2, 0.25) is 11.8 Å². The summed E-state index contributed by atoms with van der Waals surface area (Å²) in [6.07, 6.45) is 0.395. The van der Waals surface area contributed by atoms with E-state index in [4.69, 9.17) is 9.52 Å². The standard InChI is InChI=1S/C14H18N2O2/c1-14(2,3)11-6-4-5-10(9-11)13-16-15-12(18-13)7-8-17/h4-6,9,17H,7-8H2,1-3H3. The molecule has 0 atom stereocenters. The highest BCUT2D eigenvalue weighted by molar-refractivity contribution is 5.54. The lowest BCUT2D eigenvalue weighted by Crippen LogP contribution is -2.10. The first-order valence-corrected chi connectivity index (χ1v) is 6.05. The molecule has 1 aromatic heterocycles. The molecule has 0 spiro atoms. The molecular weight excluding hydrogens is 228 g/mol. The molecule has 2 rings (SSSR count). The number of aromatic nitrogens is 2. The number of rotatable bonds is 3. The Morgan fingerprint density at radius 3 is 2.67 bits per heavy atom. The largest absolute Gasteiger partial charge is 0.421 e. The highest BCUT2D eigenvalue weighted by Gasteiger charge is 2.15. The Hall–Kier alpha value is -1.68. The molecule has 0 aliphatic carbocycles. The Bertz CT molecular complexity index is 527. The molecule has 0 saturated heterocycles. The Kier molecular flexibility index (Phi) is 3.48. The third kappa shape index (κ3) is 2.76. The lowest BCUT2D eigenvalue weighted by Gasteiger charge is -2.19. The minimum Gasteiger partial charge on any atom is -0.421 e. The molecule has 96 valence electrons. The molecule has 0 aliphatic heterocycles. The number of nitrogens with zero attached hydrogens (tertiary/aromatic N) is 2. The maximum Gasteiger partial charge on any atom is 0.247 e. The van der Waals surface area contributed by atoms with Crippen LogP contribution in [0.2, 0.25) is 0 Å². The van der Waals surface area contributed by atoms with Gasteiger partial charge in [-0.3, -0.25) is 0 Å². The summed E-state index contributed by atoms with van der Waals surface area (Å²) in [5, 5.41) is 16.7. The van der Waals surface area contributed by atoms with Gasteiger partial charge in [0, 0.05) is 12.0 Å². The molecule has 1 aromatic carbocycles. The minimum absolute atomic E-state index is 0.0175. The molecule has 4 nitrogen and oxygen atoms in total. The maximum atomic E-state index is 8.82. The second-order valence-corrected chi connectivity index (χ2v) is 5.31. The van der Waals surface area contributed by atoms with Crippen LogP contribution in [0.25, 0.3) is 11.5 Å². The van der Waals surface area contributed by atoms with Crippen LogP contribution in [0.15, 0.2) is 28.7 Å². The topological polar surface area (TPSA) is 59.2 Å². The first-order chi connectivity index (χ1) is 8.50. The summed E-state index contributed by atoms with van der Waals surface area (Å²) in [4.78, 5) is 0. The van der Waals surface area contributed by atoms with Gasteiger partial charge in [-0.15, -0.1) is 10.2 Å². The zero-order valence-electron chi connectivity index (χ0n) is 11.0. The van der Waals surface area contributed by atoms with Gasteiger partial charge in [0.15, 0.2) is 0 Å². The Labute approximate surface area is 107 Å². The lowest BCUT2D eigenvalue weighted by molar-refractivity contribution is 0.285. The van der Waals surface area contributed by atoms with Crippen molar-refractivity contribution in [2.24, 2.45) is 0 Å². The van der Waals surface area contributed by atoms with Crippen LogP contribution in [0.4, 0.5) is 0 Å². The van der Waals surface area contributed by atoms with Crippen LogP contribution in [0.3, 0.4) is 0 Å². The van der Waals surface area contributed by atoms with Crippen molar-refractivity contribution in [1.82, 2.24) is 10.2 Å². The van der Waals surface area contributed by atoms with Gasteiger partial charge >= 0.3 is 0 Å². The Morgan fingerprint density at radius 2 is 2.00 bits per heavy atom. The summed E-state index contributed by atoms with van der Waals surface area (Å²) in [6, 6.07) is 8.10. The van der Waals surface area contributed by atoms with Crippen molar-refractivity contribution in [3.63, 3.8) is 0 Å². The number of hydrogen-bond donors (Lipinski definition) is 1. The monoisotopic (exact) mass is 246 g/mol. The van der Waals surface area contributed by atoms with Gasteiger partial charge in [0.05, 0.1) is 6.61 Å². The molecule has 1 heterocycles. The third-order valence-electron chi connectivity index (χ3n) is 2.77. The smallest absolute Gasteiger partial charge is 0.247 e. The molecule has 0 saturated carbocycles. The first-order valence-electron chi connectivity index (χ1n) is 6.05. The van der Waals surface area contributed by atoms with Crippen molar-refractivity contribution in [2.75, 3.05) is 6.61 Å². The van der Waals surface area contributed by atoms with E-state index in [2.05, 4.69) is 43.1 Å². The molecule has 1 N–H and O–H groups in total. The van der Waals surface area contributed by atoms with Gasteiger partial charge in [0.25, 0.3) is 0 Å². The number of benzene rings is 1. The van der Waals surface area contributed by atoms with Crippen LogP contribution in [-0.2, 0) is 11.8 Å². The normalized spacial score (nSPS) is 11.8. The minimum atomic E-state index is 0.0175. The van der Waals surface area contributed by atoms with Crippen molar-refractivity contribution >= 4 is 0 Å². The molecule has 2 aromatic rings. The molecule has 0 radical (unpaired) electrons. The average Bonchev–Trinajstić information content (AvgIpc) is 2.77. The number of hydrogen-bond acceptors (Lipinski definition) is 4. The predicted octanol–water partition coefficient (Wildman–Crippen LogP) is 2.57. The molecule has 0 fully saturated rings. The zero-order valence-corrected chi connectivity index (χ0v) is 11.0. The highest BCUT2D eigenvalue weighted by Crippen LogP contribution is 2.26. The van der Waals surface area contributed by atoms with Crippen molar-refractivity contribution in [3.05, 3.63) is 35.7 Å². The summed E-state index contributed by atoms with van der Waals surface area (Å²) < 4.78 is 5.50. The quantitative estimate of drug-likeness (QED) is 0.904. The summed E-state index contributed by atoms with van der Waals surface area (Å²) in [7, 11) is 0. The molecular formula is C14H18N2O2. The van der Waals surface area contributed by atoms with E-state index in [9.17, 15) is 0 Å². The van der Waals surface area contributed by atoms with Gasteiger partial charge < -0.3 is 9.52 Å². The molecule has 18 heavy (non-hydrogen) atoms. The summed E-state index contributed by atoms with van der Waals surface area (Å²) >= 11 is 0. The van der Waals surface area contributed by atoms with Crippen LogP contribution in [0.5, 0.6) is 0 Å². The summed E-state index contributed by atoms with van der Waals surface area (Å²) in [5.74, 6) is 0.971. The fraction of sp³-hybridized carbons (Fsp3) is 0.429. The first kappa shape index (κ1) is 12.8. The lowest BCUT2D eigenvalue weighted by atomic mass is 9.86. The maximum absolute atomic E-state index is 8.82. The van der Waals surface area contributed by atoms with E-state index in [1.54, 1.807) is 0 Å². The number of aliphatic hydroxyl groups excluding tert-OH is 1. The molecule has 4 heteroatoms. The Morgan fingerprint density at radius 1 is 1.22 bits per heavy atom. The zero-order chi connectivity index (χ0) is 13.2. The van der Waals surface area contributed by atoms with E-state index in [-0.39, 0.29) is 12.0 Å². The van der Waals surface area contributed by atoms with E-state index in [1.807, 2.05) is 12.1 Å². The van der Waals surface area contributed by atoms with Gasteiger partial charge in [0.1, 0.15) is 0 Å².